The molecule has 4 heteroatoms. The minimum absolute atomic E-state index is 0.160. The maximum absolute atomic E-state index is 11.6. The molecule has 0 aliphatic heterocycles. The van der Waals surface area contributed by atoms with Gasteiger partial charge in [0, 0.05) is 18.6 Å². The van der Waals surface area contributed by atoms with Gasteiger partial charge in [0.1, 0.15) is 5.69 Å². The minimum Gasteiger partial charge on any atom is -0.347 e. The highest BCUT2D eigenvalue weighted by atomic mass is 35.5. The Labute approximate surface area is 94.2 Å². The fraction of sp³-hybridized carbons (Fsp3) is 0.273. The molecular weight excluding hydrogens is 212 g/mol. The Hall–Kier alpha value is -1.35. The summed E-state index contributed by atoms with van der Waals surface area (Å²) in [6.45, 7) is 2.33. The van der Waals surface area contributed by atoms with Crippen molar-refractivity contribution in [3.8, 4) is 0 Å². The molecule has 0 spiro atoms. The van der Waals surface area contributed by atoms with Gasteiger partial charge in [-0.3, -0.25) is 9.78 Å². The summed E-state index contributed by atoms with van der Waals surface area (Å²) >= 11 is 5.45. The summed E-state index contributed by atoms with van der Waals surface area (Å²) in [5, 5.41) is 2.73. The van der Waals surface area contributed by atoms with E-state index in [0.29, 0.717) is 18.1 Å². The van der Waals surface area contributed by atoms with Gasteiger partial charge in [0.15, 0.2) is 0 Å². The molecule has 0 atom stereocenters. The fourth-order valence-corrected chi connectivity index (χ4v) is 1.23. The van der Waals surface area contributed by atoms with E-state index in [4.69, 9.17) is 11.6 Å². The highest BCUT2D eigenvalue weighted by molar-refractivity contribution is 6.18. The summed E-state index contributed by atoms with van der Waals surface area (Å²) in [5.41, 5.74) is 1.34. The molecule has 1 aromatic heterocycles. The van der Waals surface area contributed by atoms with Crippen LogP contribution in [0.25, 0.3) is 0 Å². The first-order valence-corrected chi connectivity index (χ1v) is 5.20. The van der Waals surface area contributed by atoms with Gasteiger partial charge in [0.25, 0.3) is 5.91 Å². The average molecular weight is 225 g/mol. The van der Waals surface area contributed by atoms with E-state index in [2.05, 4.69) is 10.3 Å². The molecule has 0 radical (unpaired) electrons. The number of pyridine rings is 1. The van der Waals surface area contributed by atoms with Crippen LogP contribution in [0.4, 0.5) is 0 Å². The second-order valence-electron chi connectivity index (χ2n) is 3.00. The third kappa shape index (κ3) is 3.72. The van der Waals surface area contributed by atoms with Crippen LogP contribution in [0.3, 0.4) is 0 Å². The lowest BCUT2D eigenvalue weighted by atomic mass is 10.2. The molecule has 80 valence electrons. The lowest BCUT2D eigenvalue weighted by Crippen LogP contribution is -2.25. The third-order valence-corrected chi connectivity index (χ3v) is 2.04. The Kier molecular flexibility index (Phi) is 4.84. The van der Waals surface area contributed by atoms with Crippen molar-refractivity contribution in [3.05, 3.63) is 41.7 Å². The molecular formula is C11H13ClN2O. The van der Waals surface area contributed by atoms with Gasteiger partial charge in [-0.05, 0) is 18.6 Å². The largest absolute Gasteiger partial charge is 0.347 e. The first-order chi connectivity index (χ1) is 7.25. The lowest BCUT2D eigenvalue weighted by molar-refractivity contribution is 0.0952. The number of amides is 1. The fourth-order valence-electron chi connectivity index (χ4n) is 1.11. The molecule has 0 fully saturated rings. The zero-order valence-corrected chi connectivity index (χ0v) is 9.29. The molecule has 0 bridgehead atoms. The molecule has 3 nitrogen and oxygen atoms in total. The Bertz CT molecular complexity index is 363. The van der Waals surface area contributed by atoms with Gasteiger partial charge in [-0.1, -0.05) is 18.2 Å². The van der Waals surface area contributed by atoms with Crippen LogP contribution in [0.5, 0.6) is 0 Å². The van der Waals surface area contributed by atoms with Crippen LogP contribution >= 0.6 is 11.6 Å². The van der Waals surface area contributed by atoms with E-state index in [1.807, 2.05) is 19.1 Å². The topological polar surface area (TPSA) is 42.0 Å². The van der Waals surface area contributed by atoms with Crippen molar-refractivity contribution in [2.24, 2.45) is 0 Å². The molecule has 0 unspecified atom stereocenters. The van der Waals surface area contributed by atoms with E-state index in [1.54, 1.807) is 18.3 Å². The number of carbonyl (C=O) groups excluding carboxylic acids is 1. The summed E-state index contributed by atoms with van der Waals surface area (Å²) in [7, 11) is 0. The van der Waals surface area contributed by atoms with Gasteiger partial charge in [-0.25, -0.2) is 0 Å². The summed E-state index contributed by atoms with van der Waals surface area (Å²) < 4.78 is 0. The third-order valence-electron chi connectivity index (χ3n) is 1.86. The van der Waals surface area contributed by atoms with E-state index in [9.17, 15) is 4.79 Å². The van der Waals surface area contributed by atoms with Crippen LogP contribution in [-0.2, 0) is 0 Å². The molecule has 1 heterocycles. The van der Waals surface area contributed by atoms with Crippen molar-refractivity contribution < 1.29 is 4.79 Å². The molecule has 0 aromatic carbocycles. The monoisotopic (exact) mass is 224 g/mol. The van der Waals surface area contributed by atoms with Gasteiger partial charge in [0.05, 0.1) is 0 Å². The smallest absolute Gasteiger partial charge is 0.270 e. The molecule has 1 aromatic rings. The maximum Gasteiger partial charge on any atom is 0.270 e. The first-order valence-electron chi connectivity index (χ1n) is 4.66. The second-order valence-corrected chi connectivity index (χ2v) is 3.31. The van der Waals surface area contributed by atoms with Gasteiger partial charge < -0.3 is 5.32 Å². The van der Waals surface area contributed by atoms with E-state index < -0.39 is 0 Å². The van der Waals surface area contributed by atoms with Crippen molar-refractivity contribution in [2.45, 2.75) is 6.92 Å². The predicted molar refractivity (Wildman–Crippen MR) is 61.2 cm³/mol. The number of allylic oxidation sites excluding steroid dienone is 1. The van der Waals surface area contributed by atoms with Crippen molar-refractivity contribution >= 4 is 17.5 Å². The SMILES string of the molecule is Cc1cccnc1C(=O)NC/C=C/CCl. The van der Waals surface area contributed by atoms with E-state index in [0.717, 1.165) is 5.56 Å². The van der Waals surface area contributed by atoms with E-state index in [1.165, 1.54) is 0 Å². The van der Waals surface area contributed by atoms with E-state index in [-0.39, 0.29) is 5.91 Å². The zero-order chi connectivity index (χ0) is 11.1. The molecule has 0 aliphatic rings. The van der Waals surface area contributed by atoms with E-state index >= 15 is 0 Å². The highest BCUT2D eigenvalue weighted by Crippen LogP contribution is 2.02. The first kappa shape index (κ1) is 11.7. The molecule has 1 N–H and O–H groups in total. The van der Waals surface area contributed by atoms with Crippen molar-refractivity contribution in [3.63, 3.8) is 0 Å². The van der Waals surface area contributed by atoms with Gasteiger partial charge in [-0.15, -0.1) is 11.6 Å². The number of nitrogens with one attached hydrogen (secondary N) is 1. The Morgan fingerprint density at radius 3 is 3.07 bits per heavy atom. The number of aromatic nitrogens is 1. The van der Waals surface area contributed by atoms with Crippen LogP contribution in [0.1, 0.15) is 16.1 Å². The number of nitrogens with zero attached hydrogens (tertiary/aromatic N) is 1. The van der Waals surface area contributed by atoms with Gasteiger partial charge in [-0.2, -0.15) is 0 Å². The maximum atomic E-state index is 11.6. The normalized spacial score (nSPS) is 10.5. The number of alkyl halides is 1. The van der Waals surface area contributed by atoms with Gasteiger partial charge >= 0.3 is 0 Å². The molecule has 15 heavy (non-hydrogen) atoms. The summed E-state index contributed by atoms with van der Waals surface area (Å²) in [6.07, 6.45) is 5.20. The zero-order valence-electron chi connectivity index (χ0n) is 8.53. The number of hydrogen-bond donors (Lipinski definition) is 1. The quantitative estimate of drug-likeness (QED) is 0.627. The number of carbonyl (C=O) groups is 1. The molecule has 1 amide bonds. The van der Waals surface area contributed by atoms with Crippen molar-refractivity contribution in [1.29, 1.82) is 0 Å². The minimum atomic E-state index is -0.160. The van der Waals surface area contributed by atoms with Crippen molar-refractivity contribution in [1.82, 2.24) is 10.3 Å². The summed E-state index contributed by atoms with van der Waals surface area (Å²) in [6, 6.07) is 3.66. The molecule has 0 aliphatic carbocycles. The number of rotatable bonds is 4. The van der Waals surface area contributed by atoms with Crippen LogP contribution in [0.2, 0.25) is 0 Å². The molecule has 0 saturated heterocycles. The van der Waals surface area contributed by atoms with Crippen LogP contribution in [0, 0.1) is 6.92 Å². The van der Waals surface area contributed by atoms with Crippen molar-refractivity contribution in [2.75, 3.05) is 12.4 Å². The highest BCUT2D eigenvalue weighted by Gasteiger charge is 2.07. The number of aryl methyl sites for hydroxylation is 1. The van der Waals surface area contributed by atoms with Crippen LogP contribution < -0.4 is 5.32 Å². The molecule has 1 rings (SSSR count). The average Bonchev–Trinajstić information content (AvgIpc) is 2.25. The second kappa shape index (κ2) is 6.19. The molecule has 0 saturated carbocycles. The van der Waals surface area contributed by atoms with Crippen LogP contribution in [0.15, 0.2) is 30.5 Å². The number of hydrogen-bond acceptors (Lipinski definition) is 2. The Morgan fingerprint density at radius 1 is 1.60 bits per heavy atom. The van der Waals surface area contributed by atoms with Crippen LogP contribution in [-0.4, -0.2) is 23.3 Å². The standard InChI is InChI=1S/C11H13ClN2O/c1-9-5-4-8-13-10(9)11(15)14-7-3-2-6-12/h2-5,8H,6-7H2,1H3,(H,14,15)/b3-2+. The summed E-state index contributed by atoms with van der Waals surface area (Å²) in [5.74, 6) is 0.297. The predicted octanol–water partition coefficient (Wildman–Crippen LogP) is 1.91. The summed E-state index contributed by atoms with van der Waals surface area (Å²) in [4.78, 5) is 15.6. The Balaban J connectivity index is 2.54. The Morgan fingerprint density at radius 2 is 2.40 bits per heavy atom. The van der Waals surface area contributed by atoms with Gasteiger partial charge in [0.2, 0.25) is 0 Å². The number of halogens is 1. The lowest BCUT2D eigenvalue weighted by Gasteiger charge is -2.03.